The number of fused-ring (bicyclic) bond motifs is 1. The monoisotopic (exact) mass is 438 g/mol. The minimum atomic E-state index is 0.529. The largest absolute Gasteiger partial charge is 0.492 e. The molecule has 0 bridgehead atoms. The Morgan fingerprint density at radius 2 is 1.77 bits per heavy atom. The van der Waals surface area contributed by atoms with Crippen molar-refractivity contribution in [3.05, 3.63) is 82.3 Å². The van der Waals surface area contributed by atoms with E-state index in [0.717, 1.165) is 34.6 Å². The molecule has 1 atom stereocenters. The van der Waals surface area contributed by atoms with Crippen LogP contribution in [0.2, 0.25) is 10.0 Å². The Bertz CT molecular complexity index is 1150. The van der Waals surface area contributed by atoms with Crippen LogP contribution in [-0.4, -0.2) is 16.2 Å². The van der Waals surface area contributed by atoms with Crippen LogP contribution in [-0.2, 0) is 6.54 Å². The van der Waals surface area contributed by atoms with E-state index in [1.807, 2.05) is 42.5 Å². The summed E-state index contributed by atoms with van der Waals surface area (Å²) in [5.74, 6) is 2.24. The molecule has 0 aliphatic rings. The number of halogens is 2. The Labute approximate surface area is 187 Å². The zero-order valence-corrected chi connectivity index (χ0v) is 18.6. The molecule has 0 fully saturated rings. The van der Waals surface area contributed by atoms with Gasteiger partial charge in [0, 0.05) is 10.6 Å². The third-order valence-electron chi connectivity index (χ3n) is 5.47. The van der Waals surface area contributed by atoms with Crippen molar-refractivity contribution in [3.63, 3.8) is 0 Å². The quantitative estimate of drug-likeness (QED) is 0.296. The van der Waals surface area contributed by atoms with Crippen molar-refractivity contribution in [1.82, 2.24) is 9.55 Å². The van der Waals surface area contributed by atoms with Crippen LogP contribution < -0.4 is 4.74 Å². The van der Waals surface area contributed by atoms with Gasteiger partial charge in [-0.3, -0.25) is 0 Å². The van der Waals surface area contributed by atoms with Gasteiger partial charge in [-0.2, -0.15) is 0 Å². The summed E-state index contributed by atoms with van der Waals surface area (Å²) in [5, 5.41) is 1.19. The van der Waals surface area contributed by atoms with Crippen molar-refractivity contribution in [2.45, 2.75) is 32.7 Å². The van der Waals surface area contributed by atoms with Gasteiger partial charge < -0.3 is 9.30 Å². The number of aromatic nitrogens is 2. The molecule has 4 aromatic rings. The van der Waals surface area contributed by atoms with E-state index in [1.54, 1.807) is 6.07 Å². The number of para-hydroxylation sites is 2. The Balaban J connectivity index is 1.58. The maximum Gasteiger partial charge on any atom is 0.142 e. The highest BCUT2D eigenvalue weighted by Gasteiger charge is 2.15. The average molecular weight is 439 g/mol. The van der Waals surface area contributed by atoms with Crippen LogP contribution in [0, 0.1) is 0 Å². The van der Waals surface area contributed by atoms with E-state index in [9.17, 15) is 0 Å². The van der Waals surface area contributed by atoms with Crippen LogP contribution in [0.1, 0.15) is 31.7 Å². The molecule has 0 saturated carbocycles. The van der Waals surface area contributed by atoms with Crippen molar-refractivity contribution in [3.8, 4) is 17.1 Å². The standard InChI is InChI=1S/C25H24Cl2N2O/c1-3-17(2)18-8-11-20(12-9-18)30-15-14-29-24-7-5-4-6-23(24)28-25(29)21-13-10-19(26)16-22(21)27/h4-13,16-17H,3,14-15H2,1-2H3. The molecule has 3 aromatic carbocycles. The van der Waals surface area contributed by atoms with Gasteiger partial charge in [0.05, 0.1) is 22.6 Å². The summed E-state index contributed by atoms with van der Waals surface area (Å²) in [6, 6.07) is 22.0. The molecule has 0 amide bonds. The van der Waals surface area contributed by atoms with E-state index < -0.39 is 0 Å². The van der Waals surface area contributed by atoms with Gasteiger partial charge >= 0.3 is 0 Å². The lowest BCUT2D eigenvalue weighted by molar-refractivity contribution is 0.300. The summed E-state index contributed by atoms with van der Waals surface area (Å²) >= 11 is 12.6. The normalized spacial score (nSPS) is 12.3. The average Bonchev–Trinajstić information content (AvgIpc) is 3.12. The number of hydrogen-bond acceptors (Lipinski definition) is 2. The second-order valence-electron chi connectivity index (χ2n) is 7.43. The fourth-order valence-corrected chi connectivity index (χ4v) is 4.05. The first-order valence-electron chi connectivity index (χ1n) is 10.2. The number of rotatable bonds is 7. The molecule has 0 radical (unpaired) electrons. The lowest BCUT2D eigenvalue weighted by atomic mass is 9.99. The predicted octanol–water partition coefficient (Wildman–Crippen LogP) is 7.60. The molecule has 0 spiro atoms. The summed E-state index contributed by atoms with van der Waals surface area (Å²) < 4.78 is 8.18. The fourth-order valence-electron chi connectivity index (χ4n) is 3.56. The molecule has 5 heteroatoms. The first kappa shape index (κ1) is 20.8. The number of benzene rings is 3. The highest BCUT2D eigenvalue weighted by molar-refractivity contribution is 6.36. The van der Waals surface area contributed by atoms with E-state index >= 15 is 0 Å². The van der Waals surface area contributed by atoms with Crippen molar-refractivity contribution >= 4 is 34.2 Å². The zero-order valence-electron chi connectivity index (χ0n) is 17.1. The number of hydrogen-bond donors (Lipinski definition) is 0. The number of imidazole rings is 1. The lowest BCUT2D eigenvalue weighted by Crippen LogP contribution is -2.09. The van der Waals surface area contributed by atoms with E-state index in [-0.39, 0.29) is 0 Å². The first-order chi connectivity index (χ1) is 14.6. The van der Waals surface area contributed by atoms with Crippen LogP contribution in [0.25, 0.3) is 22.4 Å². The summed E-state index contributed by atoms with van der Waals surface area (Å²) in [6.07, 6.45) is 1.13. The van der Waals surface area contributed by atoms with Gasteiger partial charge in [0.1, 0.15) is 18.2 Å². The summed E-state index contributed by atoms with van der Waals surface area (Å²) in [7, 11) is 0. The molecule has 0 N–H and O–H groups in total. The van der Waals surface area contributed by atoms with Crippen molar-refractivity contribution in [2.24, 2.45) is 0 Å². The molecule has 1 heterocycles. The first-order valence-corrected chi connectivity index (χ1v) is 11.0. The molecule has 3 nitrogen and oxygen atoms in total. The van der Waals surface area contributed by atoms with Gasteiger partial charge in [-0.05, 0) is 60.4 Å². The minimum Gasteiger partial charge on any atom is -0.492 e. The molecule has 0 saturated heterocycles. The summed E-state index contributed by atoms with van der Waals surface area (Å²) in [4.78, 5) is 4.82. The Morgan fingerprint density at radius 1 is 1.00 bits per heavy atom. The Morgan fingerprint density at radius 3 is 2.50 bits per heavy atom. The number of ether oxygens (including phenoxy) is 1. The Kier molecular flexibility index (Phi) is 6.31. The maximum absolute atomic E-state index is 6.48. The van der Waals surface area contributed by atoms with E-state index in [4.69, 9.17) is 32.9 Å². The molecule has 0 aliphatic heterocycles. The molecule has 1 unspecified atom stereocenters. The molecule has 1 aromatic heterocycles. The van der Waals surface area contributed by atoms with E-state index in [1.165, 1.54) is 5.56 Å². The molecule has 154 valence electrons. The van der Waals surface area contributed by atoms with Crippen LogP contribution in [0.15, 0.2) is 66.7 Å². The fraction of sp³-hybridized carbons (Fsp3) is 0.240. The van der Waals surface area contributed by atoms with Gasteiger partial charge in [0.15, 0.2) is 0 Å². The predicted molar refractivity (Wildman–Crippen MR) is 126 cm³/mol. The molecule has 0 aliphatic carbocycles. The van der Waals surface area contributed by atoms with Crippen molar-refractivity contribution in [1.29, 1.82) is 0 Å². The second-order valence-corrected chi connectivity index (χ2v) is 8.27. The topological polar surface area (TPSA) is 27.1 Å². The minimum absolute atomic E-state index is 0.529. The summed E-state index contributed by atoms with van der Waals surface area (Å²) in [5.41, 5.74) is 4.17. The smallest absolute Gasteiger partial charge is 0.142 e. The second kappa shape index (κ2) is 9.11. The van der Waals surface area contributed by atoms with Gasteiger partial charge in [-0.25, -0.2) is 4.98 Å². The van der Waals surface area contributed by atoms with Gasteiger partial charge in [-0.15, -0.1) is 0 Å². The number of nitrogens with zero attached hydrogens (tertiary/aromatic N) is 2. The molecular formula is C25H24Cl2N2O. The van der Waals surface area contributed by atoms with Crippen LogP contribution in [0.5, 0.6) is 5.75 Å². The van der Waals surface area contributed by atoms with E-state index in [0.29, 0.717) is 29.1 Å². The van der Waals surface area contributed by atoms with Crippen molar-refractivity contribution < 1.29 is 4.74 Å². The van der Waals surface area contributed by atoms with Crippen LogP contribution in [0.4, 0.5) is 0 Å². The third kappa shape index (κ3) is 4.33. The SMILES string of the molecule is CCC(C)c1ccc(OCCn2c(-c3ccc(Cl)cc3Cl)nc3ccccc32)cc1. The van der Waals surface area contributed by atoms with E-state index in [2.05, 4.69) is 36.6 Å². The lowest BCUT2D eigenvalue weighted by Gasteiger charge is -2.13. The van der Waals surface area contributed by atoms with Gasteiger partial charge in [0.2, 0.25) is 0 Å². The van der Waals surface area contributed by atoms with Gasteiger partial charge in [0.25, 0.3) is 0 Å². The molecule has 4 rings (SSSR count). The van der Waals surface area contributed by atoms with Crippen molar-refractivity contribution in [2.75, 3.05) is 6.61 Å². The maximum atomic E-state index is 6.48. The summed E-state index contributed by atoms with van der Waals surface area (Å²) in [6.45, 7) is 5.63. The third-order valence-corrected chi connectivity index (χ3v) is 6.02. The zero-order chi connectivity index (χ0) is 21.1. The highest BCUT2D eigenvalue weighted by Crippen LogP contribution is 2.32. The van der Waals surface area contributed by atoms with Gasteiger partial charge in [-0.1, -0.05) is 61.3 Å². The van der Waals surface area contributed by atoms with Crippen LogP contribution in [0.3, 0.4) is 0 Å². The highest BCUT2D eigenvalue weighted by atomic mass is 35.5. The van der Waals surface area contributed by atoms with Crippen LogP contribution >= 0.6 is 23.2 Å². The Hall–Kier alpha value is -2.49. The molecule has 30 heavy (non-hydrogen) atoms. The molecular weight excluding hydrogens is 415 g/mol.